The summed E-state index contributed by atoms with van der Waals surface area (Å²) in [5, 5.41) is 0. The quantitative estimate of drug-likeness (QED) is 0.867. The van der Waals surface area contributed by atoms with Crippen molar-refractivity contribution in [3.8, 4) is 11.5 Å². The number of benzene rings is 1. The second kappa shape index (κ2) is 6.70. The first-order chi connectivity index (χ1) is 10.1. The zero-order chi connectivity index (χ0) is 15.4. The Kier molecular flexibility index (Phi) is 4.94. The zero-order valence-electron chi connectivity index (χ0n) is 13.0. The predicted molar refractivity (Wildman–Crippen MR) is 82.9 cm³/mol. The van der Waals surface area contributed by atoms with Gasteiger partial charge >= 0.3 is 0 Å². The Balaban J connectivity index is 2.31. The molecule has 0 aromatic heterocycles. The molecule has 116 valence electrons. The van der Waals surface area contributed by atoms with Crippen molar-refractivity contribution in [2.75, 3.05) is 27.0 Å². The second-order valence-electron chi connectivity index (χ2n) is 5.51. The van der Waals surface area contributed by atoms with Gasteiger partial charge in [-0.1, -0.05) is 19.3 Å². The first kappa shape index (κ1) is 15.5. The van der Waals surface area contributed by atoms with E-state index in [1.165, 1.54) is 33.5 Å². The van der Waals surface area contributed by atoms with Crippen molar-refractivity contribution in [1.82, 2.24) is 4.90 Å². The molecular weight excluding hydrogens is 268 g/mol. The molecule has 2 N–H and O–H groups in total. The molecule has 1 aromatic rings. The van der Waals surface area contributed by atoms with Gasteiger partial charge in [0.05, 0.1) is 19.8 Å². The van der Waals surface area contributed by atoms with Crippen LogP contribution in [0.25, 0.3) is 0 Å². The number of anilines is 1. The van der Waals surface area contributed by atoms with E-state index < -0.39 is 0 Å². The summed E-state index contributed by atoms with van der Waals surface area (Å²) in [5.74, 6) is 0.863. The first-order valence-corrected chi connectivity index (χ1v) is 7.37. The Morgan fingerprint density at radius 3 is 2.43 bits per heavy atom. The molecule has 0 saturated heterocycles. The molecule has 1 aliphatic rings. The van der Waals surface area contributed by atoms with Crippen LogP contribution in [-0.4, -0.2) is 38.1 Å². The fraction of sp³-hybridized carbons (Fsp3) is 0.562. The van der Waals surface area contributed by atoms with Crippen molar-refractivity contribution in [1.29, 1.82) is 0 Å². The van der Waals surface area contributed by atoms with Crippen LogP contribution >= 0.6 is 0 Å². The smallest absolute Gasteiger partial charge is 0.257 e. The summed E-state index contributed by atoms with van der Waals surface area (Å²) < 4.78 is 10.6. The molecule has 0 spiro atoms. The third-order valence-electron chi connectivity index (χ3n) is 4.17. The van der Waals surface area contributed by atoms with Crippen molar-refractivity contribution >= 4 is 11.6 Å². The molecule has 0 heterocycles. The lowest BCUT2D eigenvalue weighted by molar-refractivity contribution is 0.0692. The monoisotopic (exact) mass is 292 g/mol. The Hall–Kier alpha value is -1.91. The Bertz CT molecular complexity index is 510. The van der Waals surface area contributed by atoms with Gasteiger partial charge in [0.2, 0.25) is 0 Å². The molecule has 0 unspecified atom stereocenters. The molecular formula is C16H24N2O3. The van der Waals surface area contributed by atoms with E-state index in [9.17, 15) is 4.79 Å². The molecule has 5 heteroatoms. The molecule has 0 radical (unpaired) electrons. The molecule has 1 amide bonds. The van der Waals surface area contributed by atoms with E-state index in [2.05, 4.69) is 0 Å². The van der Waals surface area contributed by atoms with E-state index in [0.29, 0.717) is 28.8 Å². The Morgan fingerprint density at radius 2 is 1.86 bits per heavy atom. The van der Waals surface area contributed by atoms with Crippen LogP contribution in [0.4, 0.5) is 5.69 Å². The Labute approximate surface area is 126 Å². The normalized spacial score (nSPS) is 15.6. The number of nitrogens with zero attached hydrogens (tertiary/aromatic N) is 1. The van der Waals surface area contributed by atoms with Crippen LogP contribution < -0.4 is 15.2 Å². The lowest BCUT2D eigenvalue weighted by Gasteiger charge is -2.31. The van der Waals surface area contributed by atoms with E-state index in [0.717, 1.165) is 12.8 Å². The van der Waals surface area contributed by atoms with Gasteiger partial charge in [0.1, 0.15) is 0 Å². The van der Waals surface area contributed by atoms with Gasteiger partial charge in [0.15, 0.2) is 11.5 Å². The van der Waals surface area contributed by atoms with Gasteiger partial charge in [-0.3, -0.25) is 4.79 Å². The number of nitrogens with two attached hydrogens (primary N) is 1. The van der Waals surface area contributed by atoms with Crippen LogP contribution in [0.2, 0.25) is 0 Å². The van der Waals surface area contributed by atoms with Gasteiger partial charge in [-0.05, 0) is 18.9 Å². The molecule has 1 saturated carbocycles. The highest BCUT2D eigenvalue weighted by Crippen LogP contribution is 2.35. The van der Waals surface area contributed by atoms with Gasteiger partial charge in [-0.2, -0.15) is 0 Å². The second-order valence-corrected chi connectivity index (χ2v) is 5.51. The number of ether oxygens (including phenoxy) is 2. The summed E-state index contributed by atoms with van der Waals surface area (Å²) in [6, 6.07) is 3.61. The van der Waals surface area contributed by atoms with Crippen LogP contribution in [0.15, 0.2) is 12.1 Å². The lowest BCUT2D eigenvalue weighted by atomic mass is 9.94. The van der Waals surface area contributed by atoms with Crippen molar-refractivity contribution < 1.29 is 14.3 Å². The summed E-state index contributed by atoms with van der Waals surface area (Å²) in [6.45, 7) is 0. The number of hydrogen-bond acceptors (Lipinski definition) is 4. The van der Waals surface area contributed by atoms with Crippen molar-refractivity contribution in [2.24, 2.45) is 0 Å². The summed E-state index contributed by atoms with van der Waals surface area (Å²) >= 11 is 0. The fourth-order valence-electron chi connectivity index (χ4n) is 2.97. The number of carbonyl (C=O) groups is 1. The summed E-state index contributed by atoms with van der Waals surface area (Å²) in [5.41, 5.74) is 6.82. The molecule has 1 aliphatic carbocycles. The van der Waals surface area contributed by atoms with Crippen LogP contribution in [0, 0.1) is 0 Å². The highest BCUT2D eigenvalue weighted by atomic mass is 16.5. The number of hydrogen-bond donors (Lipinski definition) is 1. The first-order valence-electron chi connectivity index (χ1n) is 7.37. The topological polar surface area (TPSA) is 64.8 Å². The van der Waals surface area contributed by atoms with Gasteiger partial charge in [-0.25, -0.2) is 0 Å². The van der Waals surface area contributed by atoms with Crippen LogP contribution in [0.3, 0.4) is 0 Å². The zero-order valence-corrected chi connectivity index (χ0v) is 13.0. The number of amides is 1. The molecule has 1 fully saturated rings. The summed E-state index contributed by atoms with van der Waals surface area (Å²) in [4.78, 5) is 14.6. The van der Waals surface area contributed by atoms with Gasteiger partial charge in [-0.15, -0.1) is 0 Å². The fourth-order valence-corrected chi connectivity index (χ4v) is 2.97. The number of rotatable bonds is 4. The third-order valence-corrected chi connectivity index (χ3v) is 4.17. The minimum atomic E-state index is -0.0654. The SMILES string of the molecule is COc1cc(N)cc(C(=O)N(C)C2CCCCC2)c1OC. The summed E-state index contributed by atoms with van der Waals surface area (Å²) in [7, 11) is 4.93. The van der Waals surface area contributed by atoms with E-state index in [1.807, 2.05) is 11.9 Å². The molecule has 21 heavy (non-hydrogen) atoms. The van der Waals surface area contributed by atoms with Crippen LogP contribution in [-0.2, 0) is 0 Å². The number of carbonyl (C=O) groups excluding carboxylic acids is 1. The maximum atomic E-state index is 12.8. The highest BCUT2D eigenvalue weighted by Gasteiger charge is 2.26. The predicted octanol–water partition coefficient (Wildman–Crippen LogP) is 2.69. The largest absolute Gasteiger partial charge is 0.493 e. The maximum Gasteiger partial charge on any atom is 0.257 e. The molecule has 0 aliphatic heterocycles. The van der Waals surface area contributed by atoms with E-state index >= 15 is 0 Å². The van der Waals surface area contributed by atoms with Crippen molar-refractivity contribution in [2.45, 2.75) is 38.1 Å². The molecule has 0 bridgehead atoms. The molecule has 2 rings (SSSR count). The maximum absolute atomic E-state index is 12.8. The van der Waals surface area contributed by atoms with Gasteiger partial charge < -0.3 is 20.1 Å². The van der Waals surface area contributed by atoms with Crippen LogP contribution in [0.1, 0.15) is 42.5 Å². The number of nitrogen functional groups attached to an aromatic ring is 1. The average molecular weight is 292 g/mol. The van der Waals surface area contributed by atoms with Gasteiger partial charge in [0, 0.05) is 24.8 Å². The van der Waals surface area contributed by atoms with E-state index in [-0.39, 0.29) is 5.91 Å². The lowest BCUT2D eigenvalue weighted by Crippen LogP contribution is -2.38. The average Bonchev–Trinajstić information content (AvgIpc) is 2.53. The van der Waals surface area contributed by atoms with E-state index in [1.54, 1.807) is 12.1 Å². The minimum absolute atomic E-state index is 0.0654. The van der Waals surface area contributed by atoms with E-state index in [4.69, 9.17) is 15.2 Å². The molecule has 5 nitrogen and oxygen atoms in total. The van der Waals surface area contributed by atoms with Gasteiger partial charge in [0.25, 0.3) is 5.91 Å². The highest BCUT2D eigenvalue weighted by molar-refractivity contribution is 5.99. The Morgan fingerprint density at radius 1 is 1.19 bits per heavy atom. The van der Waals surface area contributed by atoms with Crippen molar-refractivity contribution in [3.63, 3.8) is 0 Å². The number of methoxy groups -OCH3 is 2. The van der Waals surface area contributed by atoms with Crippen molar-refractivity contribution in [3.05, 3.63) is 17.7 Å². The standard InChI is InChI=1S/C16H24N2O3/c1-18(12-7-5-4-6-8-12)16(19)13-9-11(17)10-14(20-2)15(13)21-3/h9-10,12H,4-8,17H2,1-3H3. The molecule has 1 aromatic carbocycles. The summed E-state index contributed by atoms with van der Waals surface area (Å²) in [6.07, 6.45) is 5.74. The molecule has 0 atom stereocenters. The third kappa shape index (κ3) is 3.23. The van der Waals surface area contributed by atoms with Crippen LogP contribution in [0.5, 0.6) is 11.5 Å². The minimum Gasteiger partial charge on any atom is -0.493 e.